The number of pyridine rings is 1. The minimum atomic E-state index is -0.542. The number of nitrogens with one attached hydrogen (secondary N) is 1. The fourth-order valence-corrected chi connectivity index (χ4v) is 1.31. The maximum atomic E-state index is 13.2. The number of hydrogen-bond donors (Lipinski definition) is 1. The summed E-state index contributed by atoms with van der Waals surface area (Å²) in [7, 11) is 0. The lowest BCUT2D eigenvalue weighted by Crippen LogP contribution is -1.96. The van der Waals surface area contributed by atoms with Gasteiger partial charge in [-0.25, -0.2) is 9.37 Å². The van der Waals surface area contributed by atoms with Crippen molar-refractivity contribution in [1.82, 2.24) is 4.98 Å². The molecule has 0 saturated carbocycles. The predicted octanol–water partition coefficient (Wildman–Crippen LogP) is 2.57. The first-order valence-corrected chi connectivity index (χ1v) is 5.31. The first-order chi connectivity index (χ1) is 9.16. The largest absolute Gasteiger partial charge is 0.287 e. The lowest BCUT2D eigenvalue weighted by Gasteiger charge is -1.98. The molecule has 1 heterocycles. The molecule has 1 N–H and O–H groups in total. The van der Waals surface area contributed by atoms with E-state index in [1.807, 2.05) is 0 Å². The van der Waals surface area contributed by atoms with Gasteiger partial charge in [0.25, 0.3) is 5.69 Å². The lowest BCUT2D eigenvalue weighted by atomic mass is 10.2. The second-order valence-corrected chi connectivity index (χ2v) is 3.55. The summed E-state index contributed by atoms with van der Waals surface area (Å²) in [5.74, 6) is -0.0529. The van der Waals surface area contributed by atoms with Gasteiger partial charge in [-0.05, 0) is 12.1 Å². The first kappa shape index (κ1) is 12.6. The quantitative estimate of drug-likeness (QED) is 0.520. The smallest absolute Gasteiger partial charge is 0.261 e. The molecule has 96 valence electrons. The van der Waals surface area contributed by atoms with Crippen LogP contribution in [0, 0.1) is 15.9 Å². The second-order valence-electron chi connectivity index (χ2n) is 3.55. The van der Waals surface area contributed by atoms with E-state index in [9.17, 15) is 14.5 Å². The molecule has 0 atom stereocenters. The molecule has 1 aromatic heterocycles. The van der Waals surface area contributed by atoms with E-state index in [-0.39, 0.29) is 11.5 Å². The predicted molar refractivity (Wildman–Crippen MR) is 68.5 cm³/mol. The molecule has 2 rings (SSSR count). The minimum absolute atomic E-state index is 0.108. The standard InChI is InChI=1S/C12H9FN4O2/c13-11-4-2-1-3-9(11)7-15-16-12-6-5-10(8-14-12)17(18)19/h1-8H,(H,14,16)/b15-7+. The van der Waals surface area contributed by atoms with E-state index in [4.69, 9.17) is 0 Å². The molecule has 0 radical (unpaired) electrons. The van der Waals surface area contributed by atoms with Crippen molar-refractivity contribution in [2.24, 2.45) is 5.10 Å². The third kappa shape index (κ3) is 3.32. The molecule has 6 nitrogen and oxygen atoms in total. The Morgan fingerprint density at radius 2 is 2.11 bits per heavy atom. The van der Waals surface area contributed by atoms with Gasteiger partial charge in [0.1, 0.15) is 17.8 Å². The van der Waals surface area contributed by atoms with E-state index in [0.717, 1.165) is 6.20 Å². The van der Waals surface area contributed by atoms with Crippen molar-refractivity contribution in [1.29, 1.82) is 0 Å². The lowest BCUT2D eigenvalue weighted by molar-refractivity contribution is -0.385. The molecule has 0 spiro atoms. The molecule has 0 fully saturated rings. The first-order valence-electron chi connectivity index (χ1n) is 5.31. The number of hydrogen-bond acceptors (Lipinski definition) is 5. The molecule has 2 aromatic rings. The van der Waals surface area contributed by atoms with Crippen LogP contribution in [0.2, 0.25) is 0 Å². The normalized spacial score (nSPS) is 10.6. The molecule has 0 amide bonds. The molecule has 0 aliphatic carbocycles. The number of nitro groups is 1. The maximum absolute atomic E-state index is 13.2. The fraction of sp³-hybridized carbons (Fsp3) is 0. The molecule has 0 saturated heterocycles. The van der Waals surface area contributed by atoms with Gasteiger partial charge in [-0.2, -0.15) is 5.10 Å². The fourth-order valence-electron chi connectivity index (χ4n) is 1.31. The number of hydrazone groups is 1. The zero-order valence-corrected chi connectivity index (χ0v) is 9.65. The Morgan fingerprint density at radius 1 is 1.32 bits per heavy atom. The van der Waals surface area contributed by atoms with Crippen LogP contribution in [0.15, 0.2) is 47.7 Å². The minimum Gasteiger partial charge on any atom is -0.261 e. The molecule has 7 heteroatoms. The summed E-state index contributed by atoms with van der Waals surface area (Å²) in [6.45, 7) is 0. The topological polar surface area (TPSA) is 80.4 Å². The summed E-state index contributed by atoms with van der Waals surface area (Å²) in [4.78, 5) is 13.7. The van der Waals surface area contributed by atoms with Gasteiger partial charge in [-0.1, -0.05) is 18.2 Å². The Kier molecular flexibility index (Phi) is 3.77. The maximum Gasteiger partial charge on any atom is 0.287 e. The molecule has 19 heavy (non-hydrogen) atoms. The van der Waals surface area contributed by atoms with Gasteiger partial charge < -0.3 is 0 Å². The molecule has 0 bridgehead atoms. The molecule has 0 aliphatic rings. The van der Waals surface area contributed by atoms with Crippen LogP contribution in [0.1, 0.15) is 5.56 Å². The number of benzene rings is 1. The number of rotatable bonds is 4. The second kappa shape index (κ2) is 5.67. The molecular weight excluding hydrogens is 251 g/mol. The van der Waals surface area contributed by atoms with Crippen molar-refractivity contribution in [3.63, 3.8) is 0 Å². The Hall–Kier alpha value is -2.83. The van der Waals surface area contributed by atoms with E-state index < -0.39 is 4.92 Å². The van der Waals surface area contributed by atoms with Gasteiger partial charge in [0.05, 0.1) is 11.1 Å². The summed E-state index contributed by atoms with van der Waals surface area (Å²) >= 11 is 0. The van der Waals surface area contributed by atoms with E-state index in [0.29, 0.717) is 11.4 Å². The van der Waals surface area contributed by atoms with Crippen LogP contribution >= 0.6 is 0 Å². The van der Waals surface area contributed by atoms with Crippen molar-refractivity contribution in [2.45, 2.75) is 0 Å². The average molecular weight is 260 g/mol. The van der Waals surface area contributed by atoms with Gasteiger partial charge >= 0.3 is 0 Å². The Labute approximate surface area is 107 Å². The number of aromatic nitrogens is 1. The monoisotopic (exact) mass is 260 g/mol. The molecule has 0 aliphatic heterocycles. The van der Waals surface area contributed by atoms with Gasteiger partial charge in [0, 0.05) is 11.6 Å². The third-order valence-electron chi connectivity index (χ3n) is 2.25. The van der Waals surface area contributed by atoms with Crippen LogP contribution in [0.3, 0.4) is 0 Å². The number of halogens is 1. The highest BCUT2D eigenvalue weighted by atomic mass is 19.1. The Bertz CT molecular complexity index is 613. The van der Waals surface area contributed by atoms with Crippen molar-refractivity contribution >= 4 is 17.7 Å². The van der Waals surface area contributed by atoms with Crippen LogP contribution in [-0.2, 0) is 0 Å². The Morgan fingerprint density at radius 3 is 2.74 bits per heavy atom. The Balaban J connectivity index is 2.03. The van der Waals surface area contributed by atoms with E-state index in [1.54, 1.807) is 18.2 Å². The summed E-state index contributed by atoms with van der Waals surface area (Å²) in [6.07, 6.45) is 2.42. The van der Waals surface area contributed by atoms with Crippen molar-refractivity contribution < 1.29 is 9.31 Å². The summed E-state index contributed by atoms with van der Waals surface area (Å²) < 4.78 is 13.2. The van der Waals surface area contributed by atoms with Crippen LogP contribution in [-0.4, -0.2) is 16.1 Å². The molecule has 1 aromatic carbocycles. The summed E-state index contributed by atoms with van der Waals surface area (Å²) in [5.41, 5.74) is 2.78. The zero-order valence-electron chi connectivity index (χ0n) is 9.65. The number of anilines is 1. The van der Waals surface area contributed by atoms with Crippen LogP contribution < -0.4 is 5.43 Å². The zero-order chi connectivity index (χ0) is 13.7. The van der Waals surface area contributed by atoms with Gasteiger partial charge in [0.15, 0.2) is 0 Å². The average Bonchev–Trinajstić information content (AvgIpc) is 2.41. The van der Waals surface area contributed by atoms with Crippen molar-refractivity contribution in [3.05, 3.63) is 64.1 Å². The van der Waals surface area contributed by atoms with Gasteiger partial charge in [0.2, 0.25) is 0 Å². The molecular formula is C12H9FN4O2. The molecule has 0 unspecified atom stereocenters. The van der Waals surface area contributed by atoms with Gasteiger partial charge in [-0.3, -0.25) is 15.5 Å². The summed E-state index contributed by atoms with van der Waals surface area (Å²) in [5, 5.41) is 14.2. The van der Waals surface area contributed by atoms with E-state index >= 15 is 0 Å². The SMILES string of the molecule is O=[N+]([O-])c1ccc(N/N=C/c2ccccc2F)nc1. The highest BCUT2D eigenvalue weighted by Gasteiger charge is 2.04. The van der Waals surface area contributed by atoms with E-state index in [2.05, 4.69) is 15.5 Å². The van der Waals surface area contributed by atoms with E-state index in [1.165, 1.54) is 24.4 Å². The van der Waals surface area contributed by atoms with Crippen LogP contribution in [0.4, 0.5) is 15.9 Å². The summed E-state index contributed by atoms with van der Waals surface area (Å²) in [6, 6.07) is 8.88. The van der Waals surface area contributed by atoms with Crippen LogP contribution in [0.5, 0.6) is 0 Å². The highest BCUT2D eigenvalue weighted by molar-refractivity contribution is 5.80. The van der Waals surface area contributed by atoms with Crippen molar-refractivity contribution in [3.8, 4) is 0 Å². The van der Waals surface area contributed by atoms with Crippen LogP contribution in [0.25, 0.3) is 0 Å². The number of nitrogens with zero attached hydrogens (tertiary/aromatic N) is 3. The highest BCUT2D eigenvalue weighted by Crippen LogP contribution is 2.11. The third-order valence-corrected chi connectivity index (χ3v) is 2.25. The van der Waals surface area contributed by atoms with Crippen molar-refractivity contribution in [2.75, 3.05) is 5.43 Å². The van der Waals surface area contributed by atoms with Gasteiger partial charge in [-0.15, -0.1) is 0 Å².